The Hall–Kier alpha value is -3.18. The molecule has 0 N–H and O–H groups in total. The highest BCUT2D eigenvalue weighted by atomic mass is 19.3. The number of rotatable bonds is 5. The van der Waals surface area contributed by atoms with Crippen molar-refractivity contribution in [2.24, 2.45) is 7.05 Å². The normalized spacial score (nSPS) is 12.1. The summed E-state index contributed by atoms with van der Waals surface area (Å²) < 4.78 is 54.4. The minimum absolute atomic E-state index is 0.217. The molecule has 3 aromatic rings. The Morgan fingerprint density at radius 3 is 2.15 bits per heavy atom. The molecule has 0 amide bonds. The van der Waals surface area contributed by atoms with Gasteiger partial charge in [-0.15, -0.1) is 0 Å². The maximum Gasteiger partial charge on any atom is 0.350 e. The van der Waals surface area contributed by atoms with Gasteiger partial charge in [-0.1, -0.05) is 0 Å². The lowest BCUT2D eigenvalue weighted by Crippen LogP contribution is -2.36. The van der Waals surface area contributed by atoms with Crippen LogP contribution in [-0.4, -0.2) is 41.0 Å². The number of nitrogens with zero attached hydrogens (tertiary/aromatic N) is 6. The fraction of sp³-hybridized carbons (Fsp3) is 0.286. The minimum atomic E-state index is -4.34. The molecule has 138 valence electrons. The van der Waals surface area contributed by atoms with Crippen molar-refractivity contribution in [2.45, 2.75) is 18.9 Å². The smallest absolute Gasteiger partial charge is 0.275 e. The SMILES string of the molecule is Cn1ncn(-c2ccc(-n3ncn(CC(F)(F)C(F)F)c3=O)cc2)c1=O. The molecular formula is C14H12F4N6O2. The third-order valence-corrected chi connectivity index (χ3v) is 3.63. The highest BCUT2D eigenvalue weighted by Crippen LogP contribution is 2.24. The number of alkyl halides is 4. The van der Waals surface area contributed by atoms with Crippen molar-refractivity contribution in [2.75, 3.05) is 0 Å². The first-order valence-corrected chi connectivity index (χ1v) is 7.22. The summed E-state index contributed by atoms with van der Waals surface area (Å²) in [6.45, 7) is -1.48. The van der Waals surface area contributed by atoms with Crippen molar-refractivity contribution in [3.63, 3.8) is 0 Å². The van der Waals surface area contributed by atoms with Gasteiger partial charge in [0.15, 0.2) is 0 Å². The highest BCUT2D eigenvalue weighted by Gasteiger charge is 2.41. The van der Waals surface area contributed by atoms with Gasteiger partial charge >= 0.3 is 23.7 Å². The molecule has 0 aliphatic heterocycles. The second kappa shape index (κ2) is 6.28. The third kappa shape index (κ3) is 3.05. The van der Waals surface area contributed by atoms with Gasteiger partial charge < -0.3 is 0 Å². The maximum absolute atomic E-state index is 13.1. The van der Waals surface area contributed by atoms with Crippen LogP contribution < -0.4 is 11.4 Å². The molecule has 8 nitrogen and oxygen atoms in total. The first kappa shape index (κ1) is 17.6. The number of hydrogen-bond donors (Lipinski definition) is 0. The molecule has 12 heteroatoms. The number of aryl methyl sites for hydroxylation is 1. The molecule has 0 radical (unpaired) electrons. The first-order chi connectivity index (χ1) is 12.2. The molecule has 0 fully saturated rings. The number of halogens is 4. The van der Waals surface area contributed by atoms with Crippen LogP contribution in [0.3, 0.4) is 0 Å². The van der Waals surface area contributed by atoms with E-state index in [-0.39, 0.29) is 11.4 Å². The van der Waals surface area contributed by atoms with Crippen LogP contribution in [0.5, 0.6) is 0 Å². The summed E-state index contributed by atoms with van der Waals surface area (Å²) in [5, 5.41) is 7.46. The van der Waals surface area contributed by atoms with Crippen LogP contribution in [0.2, 0.25) is 0 Å². The average Bonchev–Trinajstić information content (AvgIpc) is 3.11. The molecule has 0 saturated heterocycles. The van der Waals surface area contributed by atoms with E-state index in [9.17, 15) is 27.2 Å². The zero-order valence-electron chi connectivity index (χ0n) is 13.3. The van der Waals surface area contributed by atoms with Crippen LogP contribution in [0.15, 0.2) is 46.5 Å². The second-order valence-electron chi connectivity index (χ2n) is 5.44. The summed E-state index contributed by atoms with van der Waals surface area (Å²) in [7, 11) is 1.48. The van der Waals surface area contributed by atoms with Gasteiger partial charge in [0.2, 0.25) is 0 Å². The van der Waals surface area contributed by atoms with Gasteiger partial charge in [0.25, 0.3) is 0 Å². The van der Waals surface area contributed by atoms with E-state index in [2.05, 4.69) is 10.2 Å². The lowest BCUT2D eigenvalue weighted by atomic mass is 10.3. The lowest BCUT2D eigenvalue weighted by Gasteiger charge is -2.14. The van der Waals surface area contributed by atoms with E-state index in [1.807, 2.05) is 0 Å². The molecule has 0 aliphatic rings. The van der Waals surface area contributed by atoms with E-state index in [1.165, 1.54) is 42.2 Å². The van der Waals surface area contributed by atoms with Crippen LogP contribution >= 0.6 is 0 Å². The van der Waals surface area contributed by atoms with E-state index < -0.39 is 24.6 Å². The van der Waals surface area contributed by atoms with Gasteiger partial charge in [0, 0.05) is 7.05 Å². The number of hydrogen-bond acceptors (Lipinski definition) is 4. The van der Waals surface area contributed by atoms with Crippen molar-refractivity contribution in [1.82, 2.24) is 28.7 Å². The molecule has 0 unspecified atom stereocenters. The summed E-state index contributed by atoms with van der Waals surface area (Å²) in [5.74, 6) is -4.34. The molecule has 2 aromatic heterocycles. The van der Waals surface area contributed by atoms with E-state index in [4.69, 9.17) is 0 Å². The van der Waals surface area contributed by atoms with E-state index >= 15 is 0 Å². The average molecular weight is 372 g/mol. The standard InChI is InChI=1S/C14H12F4N6O2/c1-21-12(25)23(8-19-21)9-2-4-10(5-3-9)24-13(26)22(7-20-24)6-14(17,18)11(15)16/h2-5,7-8,11H,6H2,1H3. The van der Waals surface area contributed by atoms with Crippen molar-refractivity contribution >= 4 is 0 Å². The Balaban J connectivity index is 1.90. The summed E-state index contributed by atoms with van der Waals surface area (Å²) in [4.78, 5) is 23.9. The zero-order chi connectivity index (χ0) is 19.1. The van der Waals surface area contributed by atoms with Gasteiger partial charge in [-0.2, -0.15) is 23.7 Å². The van der Waals surface area contributed by atoms with Crippen LogP contribution in [0.1, 0.15) is 0 Å². The molecule has 0 atom stereocenters. The fourth-order valence-corrected chi connectivity index (χ4v) is 2.23. The number of aromatic nitrogens is 6. The van der Waals surface area contributed by atoms with Gasteiger partial charge in [0.05, 0.1) is 17.9 Å². The molecule has 0 bridgehead atoms. The molecule has 0 aliphatic carbocycles. The van der Waals surface area contributed by atoms with E-state index in [0.717, 1.165) is 15.7 Å². The predicted octanol–water partition coefficient (Wildman–Crippen LogP) is 0.819. The second-order valence-corrected chi connectivity index (χ2v) is 5.44. The van der Waals surface area contributed by atoms with Crippen LogP contribution in [0, 0.1) is 0 Å². The number of benzene rings is 1. The monoisotopic (exact) mass is 372 g/mol. The zero-order valence-corrected chi connectivity index (χ0v) is 13.3. The van der Waals surface area contributed by atoms with Crippen molar-refractivity contribution in [3.05, 3.63) is 57.9 Å². The topological polar surface area (TPSA) is 79.6 Å². The molecule has 3 rings (SSSR count). The Morgan fingerprint density at radius 2 is 1.62 bits per heavy atom. The molecule has 0 spiro atoms. The molecule has 0 saturated carbocycles. The van der Waals surface area contributed by atoms with Gasteiger partial charge in [-0.25, -0.2) is 27.6 Å². The van der Waals surface area contributed by atoms with E-state index in [0.29, 0.717) is 10.3 Å². The molecular weight excluding hydrogens is 360 g/mol. The maximum atomic E-state index is 13.1. The first-order valence-electron chi connectivity index (χ1n) is 7.22. The van der Waals surface area contributed by atoms with Crippen LogP contribution in [0.25, 0.3) is 11.4 Å². The van der Waals surface area contributed by atoms with Crippen molar-refractivity contribution < 1.29 is 17.6 Å². The highest BCUT2D eigenvalue weighted by molar-refractivity contribution is 5.40. The fourth-order valence-electron chi connectivity index (χ4n) is 2.23. The third-order valence-electron chi connectivity index (χ3n) is 3.63. The Kier molecular flexibility index (Phi) is 4.26. The molecule has 1 aromatic carbocycles. The minimum Gasteiger partial charge on any atom is -0.275 e. The summed E-state index contributed by atoms with van der Waals surface area (Å²) in [6.07, 6.45) is -1.82. The van der Waals surface area contributed by atoms with Gasteiger partial charge in [-0.3, -0.25) is 4.57 Å². The van der Waals surface area contributed by atoms with Crippen molar-refractivity contribution in [3.8, 4) is 11.4 Å². The Morgan fingerprint density at radius 1 is 1.00 bits per heavy atom. The van der Waals surface area contributed by atoms with Crippen molar-refractivity contribution in [1.29, 1.82) is 0 Å². The molecule has 26 heavy (non-hydrogen) atoms. The summed E-state index contributed by atoms with van der Waals surface area (Å²) >= 11 is 0. The predicted molar refractivity (Wildman–Crippen MR) is 81.1 cm³/mol. The molecule has 2 heterocycles. The van der Waals surface area contributed by atoms with E-state index in [1.54, 1.807) is 0 Å². The van der Waals surface area contributed by atoms with Crippen LogP contribution in [0.4, 0.5) is 17.6 Å². The summed E-state index contributed by atoms with van der Waals surface area (Å²) in [5.41, 5.74) is -0.691. The van der Waals surface area contributed by atoms with Gasteiger partial charge in [0.1, 0.15) is 12.7 Å². The quantitative estimate of drug-likeness (QED) is 0.621. The van der Waals surface area contributed by atoms with Gasteiger partial charge in [-0.05, 0) is 24.3 Å². The lowest BCUT2D eigenvalue weighted by molar-refractivity contribution is -0.138. The largest absolute Gasteiger partial charge is 0.350 e. The summed E-state index contributed by atoms with van der Waals surface area (Å²) in [6, 6.07) is 5.85. The Bertz CT molecular complexity index is 1030. The van der Waals surface area contributed by atoms with Crippen LogP contribution in [-0.2, 0) is 13.6 Å². The Labute approximate surface area is 142 Å².